The molecule has 0 radical (unpaired) electrons. The summed E-state index contributed by atoms with van der Waals surface area (Å²) in [5, 5.41) is 0. The topological polar surface area (TPSA) is 35.2 Å². The van der Waals surface area contributed by atoms with Crippen LogP contribution in [0.15, 0.2) is 36.4 Å². The molecule has 0 aromatic heterocycles. The van der Waals surface area contributed by atoms with Crippen LogP contribution in [0.1, 0.15) is 29.2 Å². The van der Waals surface area contributed by atoms with Gasteiger partial charge in [0, 0.05) is 11.6 Å². The highest BCUT2D eigenvalue weighted by atomic mass is 19.2. The van der Waals surface area contributed by atoms with Gasteiger partial charge in [0.2, 0.25) is 0 Å². The van der Waals surface area contributed by atoms with Gasteiger partial charge < -0.3 is 10.5 Å². The number of halogens is 2. The van der Waals surface area contributed by atoms with Crippen molar-refractivity contribution in [1.82, 2.24) is 0 Å². The first-order valence-electron chi connectivity index (χ1n) is 7.09. The van der Waals surface area contributed by atoms with Crippen LogP contribution in [0.5, 0.6) is 5.75 Å². The van der Waals surface area contributed by atoms with Gasteiger partial charge in [-0.25, -0.2) is 8.78 Å². The van der Waals surface area contributed by atoms with Crippen molar-refractivity contribution < 1.29 is 13.5 Å². The van der Waals surface area contributed by atoms with Crippen LogP contribution in [0, 0.1) is 11.6 Å². The number of nitrogens with two attached hydrogens (primary N) is 1. The number of hydrogen-bond donors (Lipinski definition) is 1. The molecule has 4 heteroatoms. The largest absolute Gasteiger partial charge is 0.493 e. The molecule has 21 heavy (non-hydrogen) atoms. The molecule has 0 saturated heterocycles. The van der Waals surface area contributed by atoms with Crippen molar-refractivity contribution in [3.63, 3.8) is 0 Å². The standard InChI is InChI=1S/C17H17F2NO/c18-14-7-6-11(9-15(14)19)10-16(20)13-5-1-3-12-4-2-8-21-17(12)13/h1,3,5-7,9,16H,2,4,8,10,20H2. The molecule has 0 amide bonds. The van der Waals surface area contributed by atoms with E-state index < -0.39 is 11.6 Å². The van der Waals surface area contributed by atoms with E-state index in [0.29, 0.717) is 18.6 Å². The zero-order valence-electron chi connectivity index (χ0n) is 11.6. The van der Waals surface area contributed by atoms with Gasteiger partial charge >= 0.3 is 0 Å². The van der Waals surface area contributed by atoms with E-state index in [1.54, 1.807) is 6.07 Å². The van der Waals surface area contributed by atoms with E-state index in [9.17, 15) is 8.78 Å². The van der Waals surface area contributed by atoms with Gasteiger partial charge in [-0.05, 0) is 42.5 Å². The summed E-state index contributed by atoms with van der Waals surface area (Å²) < 4.78 is 32.0. The van der Waals surface area contributed by atoms with Gasteiger partial charge in [-0.1, -0.05) is 24.3 Å². The fourth-order valence-electron chi connectivity index (χ4n) is 2.74. The Morgan fingerprint density at radius 3 is 2.81 bits per heavy atom. The second kappa shape index (κ2) is 5.82. The highest BCUT2D eigenvalue weighted by molar-refractivity contribution is 5.45. The van der Waals surface area contributed by atoms with E-state index in [1.807, 2.05) is 18.2 Å². The first-order chi connectivity index (χ1) is 10.1. The molecule has 1 unspecified atom stereocenters. The average molecular weight is 289 g/mol. The molecule has 0 saturated carbocycles. The summed E-state index contributed by atoms with van der Waals surface area (Å²) in [4.78, 5) is 0. The summed E-state index contributed by atoms with van der Waals surface area (Å²) in [7, 11) is 0. The minimum Gasteiger partial charge on any atom is -0.493 e. The monoisotopic (exact) mass is 289 g/mol. The number of para-hydroxylation sites is 1. The minimum atomic E-state index is -0.842. The first kappa shape index (κ1) is 14.0. The van der Waals surface area contributed by atoms with E-state index >= 15 is 0 Å². The highest BCUT2D eigenvalue weighted by Gasteiger charge is 2.19. The van der Waals surface area contributed by atoms with Gasteiger partial charge in [0.05, 0.1) is 6.61 Å². The fraction of sp³-hybridized carbons (Fsp3) is 0.294. The lowest BCUT2D eigenvalue weighted by Crippen LogP contribution is -2.18. The van der Waals surface area contributed by atoms with Gasteiger partial charge in [0.25, 0.3) is 0 Å². The number of aryl methyl sites for hydroxylation is 1. The molecule has 0 fully saturated rings. The number of hydrogen-bond acceptors (Lipinski definition) is 2. The van der Waals surface area contributed by atoms with Crippen LogP contribution in [0.2, 0.25) is 0 Å². The third-order valence-electron chi connectivity index (χ3n) is 3.80. The van der Waals surface area contributed by atoms with E-state index in [-0.39, 0.29) is 6.04 Å². The summed E-state index contributed by atoms with van der Waals surface area (Å²) in [6.45, 7) is 0.696. The molecule has 2 aromatic carbocycles. The Kier molecular flexibility index (Phi) is 3.88. The number of ether oxygens (including phenoxy) is 1. The summed E-state index contributed by atoms with van der Waals surface area (Å²) in [5.41, 5.74) is 9.01. The van der Waals surface area contributed by atoms with E-state index in [0.717, 1.165) is 30.2 Å². The maximum absolute atomic E-state index is 13.3. The van der Waals surface area contributed by atoms with E-state index in [1.165, 1.54) is 11.6 Å². The van der Waals surface area contributed by atoms with Crippen molar-refractivity contribution in [1.29, 1.82) is 0 Å². The number of fused-ring (bicyclic) bond motifs is 1. The van der Waals surface area contributed by atoms with Crippen LogP contribution in [-0.4, -0.2) is 6.61 Å². The van der Waals surface area contributed by atoms with Crippen molar-refractivity contribution in [2.24, 2.45) is 5.73 Å². The molecule has 3 rings (SSSR count). The number of rotatable bonds is 3. The van der Waals surface area contributed by atoms with Crippen LogP contribution in [0.4, 0.5) is 8.78 Å². The Morgan fingerprint density at radius 2 is 2.00 bits per heavy atom. The van der Waals surface area contributed by atoms with Gasteiger partial charge in [-0.3, -0.25) is 0 Å². The molecule has 1 aliphatic rings. The van der Waals surface area contributed by atoms with Crippen molar-refractivity contribution in [2.45, 2.75) is 25.3 Å². The Hall–Kier alpha value is -1.94. The van der Waals surface area contributed by atoms with Crippen molar-refractivity contribution in [3.8, 4) is 5.75 Å². The molecule has 2 N–H and O–H groups in total. The molecule has 110 valence electrons. The Morgan fingerprint density at radius 1 is 1.14 bits per heavy atom. The SMILES string of the molecule is NC(Cc1ccc(F)c(F)c1)c1cccc2c1OCCC2. The first-order valence-corrected chi connectivity index (χ1v) is 7.09. The lowest BCUT2D eigenvalue weighted by Gasteiger charge is -2.23. The van der Waals surface area contributed by atoms with Crippen LogP contribution in [0.25, 0.3) is 0 Å². The third kappa shape index (κ3) is 2.90. The minimum absolute atomic E-state index is 0.303. The lowest BCUT2D eigenvalue weighted by molar-refractivity contribution is 0.283. The van der Waals surface area contributed by atoms with Crippen LogP contribution >= 0.6 is 0 Å². The second-order valence-corrected chi connectivity index (χ2v) is 5.35. The molecule has 0 bridgehead atoms. The molecule has 2 nitrogen and oxygen atoms in total. The molecule has 1 atom stereocenters. The molecular weight excluding hydrogens is 272 g/mol. The van der Waals surface area contributed by atoms with E-state index in [4.69, 9.17) is 10.5 Å². The average Bonchev–Trinajstić information content (AvgIpc) is 2.50. The molecule has 1 aliphatic heterocycles. The molecular formula is C17H17F2NO. The summed E-state index contributed by atoms with van der Waals surface area (Å²) in [6.07, 6.45) is 2.44. The Bertz CT molecular complexity index is 657. The van der Waals surface area contributed by atoms with Gasteiger partial charge in [0.1, 0.15) is 5.75 Å². The van der Waals surface area contributed by atoms with E-state index in [2.05, 4.69) is 0 Å². The number of benzene rings is 2. The highest BCUT2D eigenvalue weighted by Crippen LogP contribution is 2.33. The second-order valence-electron chi connectivity index (χ2n) is 5.35. The van der Waals surface area contributed by atoms with Gasteiger partial charge in [-0.15, -0.1) is 0 Å². The maximum Gasteiger partial charge on any atom is 0.159 e. The van der Waals surface area contributed by atoms with Crippen LogP contribution in [0.3, 0.4) is 0 Å². The summed E-state index contributed by atoms with van der Waals surface area (Å²) in [5.74, 6) is -0.822. The Labute approximate surface area is 122 Å². The zero-order valence-corrected chi connectivity index (χ0v) is 11.6. The summed E-state index contributed by atoms with van der Waals surface area (Å²) >= 11 is 0. The molecule has 0 aliphatic carbocycles. The van der Waals surface area contributed by atoms with Gasteiger partial charge in [-0.2, -0.15) is 0 Å². The van der Waals surface area contributed by atoms with Crippen LogP contribution in [-0.2, 0) is 12.8 Å². The Balaban J connectivity index is 1.85. The van der Waals surface area contributed by atoms with Crippen molar-refractivity contribution in [3.05, 3.63) is 64.7 Å². The lowest BCUT2D eigenvalue weighted by atomic mass is 9.94. The zero-order chi connectivity index (χ0) is 14.8. The van der Waals surface area contributed by atoms with Crippen molar-refractivity contribution >= 4 is 0 Å². The van der Waals surface area contributed by atoms with Crippen LogP contribution < -0.4 is 10.5 Å². The normalized spacial score (nSPS) is 15.2. The predicted octanol–water partition coefficient (Wildman–Crippen LogP) is 3.53. The molecule has 2 aromatic rings. The molecule has 1 heterocycles. The molecule has 0 spiro atoms. The maximum atomic E-state index is 13.3. The third-order valence-corrected chi connectivity index (χ3v) is 3.80. The smallest absolute Gasteiger partial charge is 0.159 e. The van der Waals surface area contributed by atoms with Crippen molar-refractivity contribution in [2.75, 3.05) is 6.61 Å². The van der Waals surface area contributed by atoms with Gasteiger partial charge in [0.15, 0.2) is 11.6 Å². The summed E-state index contributed by atoms with van der Waals surface area (Å²) in [6, 6.07) is 9.54. The quantitative estimate of drug-likeness (QED) is 0.938. The fourth-order valence-corrected chi connectivity index (χ4v) is 2.74. The predicted molar refractivity (Wildman–Crippen MR) is 77.2 cm³/mol.